The molecule has 1 fully saturated rings. The summed E-state index contributed by atoms with van der Waals surface area (Å²) in [7, 11) is 0. The van der Waals surface area contributed by atoms with Crippen molar-refractivity contribution < 1.29 is 18.7 Å². The highest BCUT2D eigenvalue weighted by Crippen LogP contribution is 2.32. The summed E-state index contributed by atoms with van der Waals surface area (Å²) in [5, 5.41) is 3.58. The van der Waals surface area contributed by atoms with Crippen molar-refractivity contribution >= 4 is 51.1 Å². The van der Waals surface area contributed by atoms with Crippen LogP contribution in [0.1, 0.15) is 20.9 Å². The second kappa shape index (κ2) is 7.69. The first-order valence-corrected chi connectivity index (χ1v) is 9.67. The van der Waals surface area contributed by atoms with Crippen LogP contribution in [0.25, 0.3) is 11.0 Å². The minimum atomic E-state index is -0.283. The van der Waals surface area contributed by atoms with E-state index in [4.69, 9.17) is 9.15 Å². The fourth-order valence-corrected chi connectivity index (χ4v) is 3.38. The summed E-state index contributed by atoms with van der Waals surface area (Å²) < 4.78 is 12.2. The van der Waals surface area contributed by atoms with Gasteiger partial charge in [-0.25, -0.2) is 0 Å². The van der Waals surface area contributed by atoms with Crippen molar-refractivity contribution in [2.24, 2.45) is 0 Å². The first kappa shape index (κ1) is 18.0. The molecule has 138 valence electrons. The van der Waals surface area contributed by atoms with Gasteiger partial charge in [0.15, 0.2) is 0 Å². The minimum absolute atomic E-state index is 0.150. The Balaban J connectivity index is 1.70. The number of furan rings is 1. The van der Waals surface area contributed by atoms with Gasteiger partial charge in [0.2, 0.25) is 5.76 Å². The van der Waals surface area contributed by atoms with E-state index < -0.39 is 0 Å². The Kier molecular flexibility index (Phi) is 5.13. The van der Waals surface area contributed by atoms with Crippen molar-refractivity contribution in [2.75, 3.05) is 31.6 Å². The molecule has 1 aliphatic heterocycles. The van der Waals surface area contributed by atoms with Crippen molar-refractivity contribution in [2.45, 2.75) is 0 Å². The van der Waals surface area contributed by atoms with Gasteiger partial charge in [-0.05, 0) is 59.0 Å². The maximum atomic E-state index is 13.0. The number of benzene rings is 2. The van der Waals surface area contributed by atoms with E-state index in [0.717, 1.165) is 3.57 Å². The molecule has 2 aromatic carbocycles. The van der Waals surface area contributed by atoms with Gasteiger partial charge < -0.3 is 19.4 Å². The quantitative estimate of drug-likeness (QED) is 0.585. The largest absolute Gasteiger partial charge is 0.449 e. The van der Waals surface area contributed by atoms with Crippen LogP contribution in [0.5, 0.6) is 0 Å². The molecule has 1 aromatic heterocycles. The van der Waals surface area contributed by atoms with Crippen LogP contribution < -0.4 is 5.32 Å². The third kappa shape index (κ3) is 3.70. The summed E-state index contributed by atoms with van der Waals surface area (Å²) in [6, 6.07) is 14.5. The fourth-order valence-electron chi connectivity index (χ4n) is 3.02. The fraction of sp³-hybridized carbons (Fsp3) is 0.200. The number of halogens is 1. The standard InChI is InChI=1S/C20H17IN2O4/c21-14-7-5-13(6-8-14)19(24)22-17-15-3-1-2-4-16(15)27-18(17)20(25)23-9-11-26-12-10-23/h1-8H,9-12H2,(H,22,24). The zero-order valence-electron chi connectivity index (χ0n) is 14.4. The van der Waals surface area contributed by atoms with Crippen LogP contribution in [0.3, 0.4) is 0 Å². The number of hydrogen-bond donors (Lipinski definition) is 1. The minimum Gasteiger partial charge on any atom is -0.449 e. The molecule has 0 radical (unpaired) electrons. The molecule has 7 heteroatoms. The predicted octanol–water partition coefficient (Wildman–Crippen LogP) is 3.76. The predicted molar refractivity (Wildman–Crippen MR) is 110 cm³/mol. The molecule has 1 N–H and O–H groups in total. The summed E-state index contributed by atoms with van der Waals surface area (Å²) >= 11 is 2.19. The summed E-state index contributed by atoms with van der Waals surface area (Å²) in [5.74, 6) is -0.377. The second-order valence-corrected chi connectivity index (χ2v) is 7.41. The maximum absolute atomic E-state index is 13.0. The number of carbonyl (C=O) groups is 2. The van der Waals surface area contributed by atoms with E-state index in [2.05, 4.69) is 27.9 Å². The number of anilines is 1. The third-order valence-corrected chi connectivity index (χ3v) is 5.15. The van der Waals surface area contributed by atoms with Crippen LogP contribution in [-0.4, -0.2) is 43.0 Å². The first-order valence-electron chi connectivity index (χ1n) is 8.59. The van der Waals surface area contributed by atoms with Crippen molar-refractivity contribution in [1.29, 1.82) is 0 Å². The Morgan fingerprint density at radius 1 is 1.00 bits per heavy atom. The first-order chi connectivity index (χ1) is 13.1. The number of carbonyl (C=O) groups excluding carboxylic acids is 2. The van der Waals surface area contributed by atoms with E-state index in [1.807, 2.05) is 30.3 Å². The molecule has 0 atom stereocenters. The van der Waals surface area contributed by atoms with Crippen molar-refractivity contribution in [3.05, 3.63) is 63.4 Å². The van der Waals surface area contributed by atoms with E-state index in [-0.39, 0.29) is 17.6 Å². The zero-order valence-corrected chi connectivity index (χ0v) is 16.6. The number of rotatable bonds is 3. The van der Waals surface area contributed by atoms with Crippen LogP contribution in [0.2, 0.25) is 0 Å². The smallest absolute Gasteiger partial charge is 0.291 e. The molecule has 6 nitrogen and oxygen atoms in total. The van der Waals surface area contributed by atoms with Crippen molar-refractivity contribution in [1.82, 2.24) is 4.90 Å². The van der Waals surface area contributed by atoms with Crippen molar-refractivity contribution in [3.63, 3.8) is 0 Å². The molecule has 4 rings (SSSR count). The van der Waals surface area contributed by atoms with Gasteiger partial charge >= 0.3 is 0 Å². The van der Waals surface area contributed by atoms with Crippen LogP contribution in [0.4, 0.5) is 5.69 Å². The molecule has 2 amide bonds. The lowest BCUT2D eigenvalue weighted by Crippen LogP contribution is -2.40. The SMILES string of the molecule is O=C(Nc1c(C(=O)N2CCOCC2)oc2ccccc12)c1ccc(I)cc1. The number of fused-ring (bicyclic) bond motifs is 1. The van der Waals surface area contributed by atoms with E-state index in [0.29, 0.717) is 48.5 Å². The summed E-state index contributed by atoms with van der Waals surface area (Å²) in [6.45, 7) is 1.99. The van der Waals surface area contributed by atoms with Gasteiger partial charge in [0.05, 0.1) is 13.2 Å². The van der Waals surface area contributed by atoms with Gasteiger partial charge in [-0.3, -0.25) is 9.59 Å². The number of hydrogen-bond acceptors (Lipinski definition) is 4. The van der Waals surface area contributed by atoms with Gasteiger partial charge in [0.25, 0.3) is 11.8 Å². The number of morpholine rings is 1. The normalized spacial score (nSPS) is 14.3. The van der Waals surface area contributed by atoms with E-state index in [1.165, 1.54) is 0 Å². The molecular formula is C20H17IN2O4. The lowest BCUT2D eigenvalue weighted by molar-refractivity contribution is 0.0285. The van der Waals surface area contributed by atoms with Crippen LogP contribution >= 0.6 is 22.6 Å². The Morgan fingerprint density at radius 2 is 1.70 bits per heavy atom. The number of ether oxygens (including phenoxy) is 1. The van der Waals surface area contributed by atoms with Crippen molar-refractivity contribution in [3.8, 4) is 0 Å². The monoisotopic (exact) mass is 476 g/mol. The Bertz CT molecular complexity index is 991. The topological polar surface area (TPSA) is 71.8 Å². The van der Waals surface area contributed by atoms with Gasteiger partial charge in [-0.2, -0.15) is 0 Å². The molecule has 27 heavy (non-hydrogen) atoms. The summed E-state index contributed by atoms with van der Waals surface area (Å²) in [6.07, 6.45) is 0. The zero-order chi connectivity index (χ0) is 18.8. The van der Waals surface area contributed by atoms with Gasteiger partial charge in [-0.15, -0.1) is 0 Å². The van der Waals surface area contributed by atoms with Crippen LogP contribution in [0, 0.1) is 3.57 Å². The molecular weight excluding hydrogens is 459 g/mol. The van der Waals surface area contributed by atoms with E-state index in [1.54, 1.807) is 23.1 Å². The Labute approximate surface area is 169 Å². The van der Waals surface area contributed by atoms with Gasteiger partial charge in [0, 0.05) is 27.6 Å². The summed E-state index contributed by atoms with van der Waals surface area (Å²) in [5.41, 5.74) is 1.49. The maximum Gasteiger partial charge on any atom is 0.291 e. The van der Waals surface area contributed by atoms with E-state index in [9.17, 15) is 9.59 Å². The highest BCUT2D eigenvalue weighted by molar-refractivity contribution is 14.1. The lowest BCUT2D eigenvalue weighted by atomic mass is 10.1. The number of para-hydroxylation sites is 1. The third-order valence-electron chi connectivity index (χ3n) is 4.43. The molecule has 0 spiro atoms. The highest BCUT2D eigenvalue weighted by Gasteiger charge is 2.27. The lowest BCUT2D eigenvalue weighted by Gasteiger charge is -2.26. The number of nitrogens with one attached hydrogen (secondary N) is 1. The highest BCUT2D eigenvalue weighted by atomic mass is 127. The average molecular weight is 476 g/mol. The molecule has 0 aliphatic carbocycles. The molecule has 0 unspecified atom stereocenters. The molecule has 0 saturated carbocycles. The second-order valence-electron chi connectivity index (χ2n) is 6.17. The average Bonchev–Trinajstić information content (AvgIpc) is 3.07. The molecule has 3 aromatic rings. The number of nitrogens with zero attached hydrogens (tertiary/aromatic N) is 1. The van der Waals surface area contributed by atoms with Crippen LogP contribution in [-0.2, 0) is 4.74 Å². The number of amides is 2. The van der Waals surface area contributed by atoms with E-state index >= 15 is 0 Å². The molecule has 2 heterocycles. The molecule has 1 saturated heterocycles. The Morgan fingerprint density at radius 3 is 2.44 bits per heavy atom. The van der Waals surface area contributed by atoms with Gasteiger partial charge in [-0.1, -0.05) is 12.1 Å². The summed E-state index contributed by atoms with van der Waals surface area (Å²) in [4.78, 5) is 27.4. The molecule has 1 aliphatic rings. The van der Waals surface area contributed by atoms with Crippen LogP contribution in [0.15, 0.2) is 52.9 Å². The molecule has 0 bridgehead atoms. The Hall–Kier alpha value is -2.39. The van der Waals surface area contributed by atoms with Gasteiger partial charge in [0.1, 0.15) is 11.3 Å².